The summed E-state index contributed by atoms with van der Waals surface area (Å²) in [4.78, 5) is 14.5. The zero-order chi connectivity index (χ0) is 21.3. The van der Waals surface area contributed by atoms with E-state index in [0.717, 1.165) is 30.9 Å². The Hall–Kier alpha value is -2.67. The van der Waals surface area contributed by atoms with Crippen LogP contribution in [0.4, 0.5) is 13.6 Å². The second kappa shape index (κ2) is 8.22. The Morgan fingerprint density at radius 3 is 2.47 bits per heavy atom. The highest BCUT2D eigenvalue weighted by atomic mass is 19.2. The minimum Gasteiger partial charge on any atom is -0.494 e. The maximum absolute atomic E-state index is 14.1. The van der Waals surface area contributed by atoms with Crippen LogP contribution in [0.15, 0.2) is 42.5 Å². The van der Waals surface area contributed by atoms with Crippen LogP contribution in [0.25, 0.3) is 0 Å². The fourth-order valence-electron chi connectivity index (χ4n) is 4.74. The van der Waals surface area contributed by atoms with Gasteiger partial charge in [0.25, 0.3) is 0 Å². The van der Waals surface area contributed by atoms with Gasteiger partial charge in [0.2, 0.25) is 5.82 Å². The Labute approximate surface area is 174 Å². The van der Waals surface area contributed by atoms with Crippen LogP contribution in [0, 0.1) is 11.6 Å². The number of hydrogen-bond donors (Lipinski definition) is 1. The van der Waals surface area contributed by atoms with E-state index >= 15 is 0 Å². The van der Waals surface area contributed by atoms with E-state index in [-0.39, 0.29) is 42.8 Å². The van der Waals surface area contributed by atoms with E-state index < -0.39 is 23.3 Å². The zero-order valence-corrected chi connectivity index (χ0v) is 16.8. The average molecular weight is 417 g/mol. The highest BCUT2D eigenvalue weighted by Gasteiger charge is 2.49. The van der Waals surface area contributed by atoms with E-state index in [1.165, 1.54) is 13.2 Å². The molecule has 5 nitrogen and oxygen atoms in total. The summed E-state index contributed by atoms with van der Waals surface area (Å²) in [6, 6.07) is 11.3. The van der Waals surface area contributed by atoms with E-state index in [9.17, 15) is 18.7 Å². The first-order valence-electron chi connectivity index (χ1n) is 10.2. The lowest BCUT2D eigenvalue weighted by atomic mass is 9.72. The molecule has 2 atom stereocenters. The number of aliphatic hydroxyl groups is 1. The minimum atomic E-state index is -1.37. The standard InChI is InChI=1S/C23H25F2NO4/c1-29-20-11-16(10-19(24)21(20)25)23(28)12-17-8-5-9-18(13-23)26(17)22(27)30-14-15-6-3-2-4-7-15/h2-4,6-7,10-11,17-18,28H,5,8-9,12-14H2,1H3. The lowest BCUT2D eigenvalue weighted by molar-refractivity contribution is -0.0898. The summed E-state index contributed by atoms with van der Waals surface area (Å²) in [6.45, 7) is 0.181. The van der Waals surface area contributed by atoms with Crippen molar-refractivity contribution in [3.05, 3.63) is 65.2 Å². The summed E-state index contributed by atoms with van der Waals surface area (Å²) in [6.07, 6.45) is 2.45. The quantitative estimate of drug-likeness (QED) is 0.795. The third-order valence-corrected chi connectivity index (χ3v) is 6.18. The van der Waals surface area contributed by atoms with Gasteiger partial charge in [-0.05, 0) is 42.5 Å². The monoisotopic (exact) mass is 417 g/mol. The molecule has 1 amide bonds. The lowest BCUT2D eigenvalue weighted by Crippen LogP contribution is -2.58. The number of amides is 1. The van der Waals surface area contributed by atoms with Crippen molar-refractivity contribution in [3.63, 3.8) is 0 Å². The van der Waals surface area contributed by atoms with Gasteiger partial charge in [-0.15, -0.1) is 0 Å². The van der Waals surface area contributed by atoms with Crippen LogP contribution < -0.4 is 4.74 Å². The molecule has 7 heteroatoms. The van der Waals surface area contributed by atoms with Crippen molar-refractivity contribution in [2.45, 2.75) is 56.4 Å². The second-order valence-electron chi connectivity index (χ2n) is 8.10. The van der Waals surface area contributed by atoms with Crippen molar-refractivity contribution in [1.82, 2.24) is 4.90 Å². The van der Waals surface area contributed by atoms with E-state index in [1.54, 1.807) is 4.90 Å². The zero-order valence-electron chi connectivity index (χ0n) is 16.8. The van der Waals surface area contributed by atoms with Crippen LogP contribution in [0.2, 0.25) is 0 Å². The molecule has 0 saturated carbocycles. The first-order chi connectivity index (χ1) is 14.4. The highest BCUT2D eigenvalue weighted by Crippen LogP contribution is 2.45. The molecule has 2 heterocycles. The molecular formula is C23H25F2NO4. The van der Waals surface area contributed by atoms with Crippen molar-refractivity contribution in [2.75, 3.05) is 7.11 Å². The summed E-state index contributed by atoms with van der Waals surface area (Å²) in [5, 5.41) is 11.4. The average Bonchev–Trinajstić information content (AvgIpc) is 2.74. The molecule has 2 unspecified atom stereocenters. The van der Waals surface area contributed by atoms with Gasteiger partial charge >= 0.3 is 6.09 Å². The largest absolute Gasteiger partial charge is 0.494 e. The Kier molecular flexibility index (Phi) is 5.64. The number of rotatable bonds is 4. The van der Waals surface area contributed by atoms with E-state index in [2.05, 4.69) is 0 Å². The lowest BCUT2D eigenvalue weighted by Gasteiger charge is -2.51. The van der Waals surface area contributed by atoms with Crippen LogP contribution in [-0.4, -0.2) is 35.3 Å². The van der Waals surface area contributed by atoms with E-state index in [4.69, 9.17) is 9.47 Å². The summed E-state index contributed by atoms with van der Waals surface area (Å²) in [7, 11) is 1.26. The first kappa shape index (κ1) is 20.6. The molecule has 0 aromatic heterocycles. The normalized spacial score (nSPS) is 25.7. The fourth-order valence-corrected chi connectivity index (χ4v) is 4.74. The second-order valence-corrected chi connectivity index (χ2v) is 8.10. The third-order valence-electron chi connectivity index (χ3n) is 6.18. The molecule has 2 bridgehead atoms. The van der Waals surface area contributed by atoms with Crippen molar-refractivity contribution in [2.24, 2.45) is 0 Å². The molecule has 2 aliphatic rings. The van der Waals surface area contributed by atoms with Crippen molar-refractivity contribution in [3.8, 4) is 5.75 Å². The van der Waals surface area contributed by atoms with Crippen LogP contribution in [0.5, 0.6) is 5.75 Å². The number of ether oxygens (including phenoxy) is 2. The Morgan fingerprint density at radius 2 is 1.83 bits per heavy atom. The molecular weight excluding hydrogens is 392 g/mol. The SMILES string of the molecule is COc1cc(C2(O)CC3CCCC(C2)N3C(=O)OCc2ccccc2)cc(F)c1F. The third kappa shape index (κ3) is 3.86. The number of piperidine rings is 2. The molecule has 2 aliphatic heterocycles. The van der Waals surface area contributed by atoms with E-state index in [0.29, 0.717) is 0 Å². The van der Waals surface area contributed by atoms with Crippen molar-refractivity contribution >= 4 is 6.09 Å². The van der Waals surface area contributed by atoms with Crippen molar-refractivity contribution in [1.29, 1.82) is 0 Å². The van der Waals surface area contributed by atoms with E-state index in [1.807, 2.05) is 30.3 Å². The van der Waals surface area contributed by atoms with Crippen LogP contribution >= 0.6 is 0 Å². The smallest absolute Gasteiger partial charge is 0.410 e. The first-order valence-corrected chi connectivity index (χ1v) is 10.2. The summed E-state index contributed by atoms with van der Waals surface area (Å²) >= 11 is 0. The minimum absolute atomic E-state index is 0.181. The summed E-state index contributed by atoms with van der Waals surface area (Å²) in [5.74, 6) is -2.38. The van der Waals surface area contributed by atoms with Gasteiger partial charge < -0.3 is 19.5 Å². The van der Waals surface area contributed by atoms with Gasteiger partial charge in [-0.2, -0.15) is 4.39 Å². The molecule has 2 aromatic rings. The van der Waals surface area contributed by atoms with Crippen LogP contribution in [0.3, 0.4) is 0 Å². The summed E-state index contributed by atoms with van der Waals surface area (Å²) < 4.78 is 38.3. The van der Waals surface area contributed by atoms with Gasteiger partial charge in [0.05, 0.1) is 12.7 Å². The molecule has 30 heavy (non-hydrogen) atoms. The molecule has 2 saturated heterocycles. The number of methoxy groups -OCH3 is 1. The highest BCUT2D eigenvalue weighted by molar-refractivity contribution is 5.69. The molecule has 2 aromatic carbocycles. The van der Waals surface area contributed by atoms with Crippen molar-refractivity contribution < 1.29 is 28.2 Å². The molecule has 0 radical (unpaired) electrons. The number of fused-ring (bicyclic) bond motifs is 2. The topological polar surface area (TPSA) is 59.0 Å². The van der Waals surface area contributed by atoms with Crippen LogP contribution in [-0.2, 0) is 16.9 Å². The fraction of sp³-hybridized carbons (Fsp3) is 0.435. The van der Waals surface area contributed by atoms with Gasteiger partial charge in [0, 0.05) is 24.9 Å². The van der Waals surface area contributed by atoms with Gasteiger partial charge in [0.15, 0.2) is 11.6 Å². The number of halogens is 2. The Bertz CT molecular complexity index is 907. The Balaban J connectivity index is 1.53. The van der Waals surface area contributed by atoms with Gasteiger partial charge in [-0.3, -0.25) is 0 Å². The maximum atomic E-state index is 14.1. The molecule has 4 rings (SSSR count). The molecule has 0 spiro atoms. The number of benzene rings is 2. The van der Waals surface area contributed by atoms with Gasteiger partial charge in [0.1, 0.15) is 6.61 Å². The predicted molar refractivity (Wildman–Crippen MR) is 106 cm³/mol. The van der Waals surface area contributed by atoms with Gasteiger partial charge in [-0.25, -0.2) is 9.18 Å². The van der Waals surface area contributed by atoms with Gasteiger partial charge in [-0.1, -0.05) is 30.3 Å². The predicted octanol–water partition coefficient (Wildman–Crippen LogP) is 4.51. The summed E-state index contributed by atoms with van der Waals surface area (Å²) in [5.41, 5.74) is -0.195. The number of carbonyl (C=O) groups excluding carboxylic acids is 1. The number of carbonyl (C=O) groups is 1. The maximum Gasteiger partial charge on any atom is 0.410 e. The molecule has 2 fully saturated rings. The number of hydrogen-bond acceptors (Lipinski definition) is 4. The molecule has 1 N–H and O–H groups in total. The molecule has 0 aliphatic carbocycles. The molecule has 160 valence electrons. The van der Waals surface area contributed by atoms with Crippen LogP contribution in [0.1, 0.15) is 43.2 Å². The Morgan fingerprint density at radius 1 is 1.17 bits per heavy atom. The number of nitrogens with zero attached hydrogens (tertiary/aromatic N) is 1.